The number of hydrogen-bond donors (Lipinski definition) is 1. The fraction of sp³-hybridized carbons (Fsp3) is 0.588. The molecule has 2 aliphatic carbocycles. The SMILES string of the molecule is Cc1cc(C)c(NC(=O)[C@H]2C[C@@H]3CC[C@@H]2C3)c(C)c1. The van der Waals surface area contributed by atoms with Gasteiger partial charge in [-0.1, -0.05) is 24.1 Å². The van der Waals surface area contributed by atoms with Gasteiger partial charge in [0.1, 0.15) is 0 Å². The molecule has 2 heteroatoms. The molecule has 2 aliphatic rings. The van der Waals surface area contributed by atoms with E-state index in [1.807, 2.05) is 0 Å². The Bertz CT molecular complexity index is 497. The van der Waals surface area contributed by atoms with E-state index >= 15 is 0 Å². The van der Waals surface area contributed by atoms with Crippen LogP contribution in [0.25, 0.3) is 0 Å². The number of carbonyl (C=O) groups is 1. The molecule has 2 fully saturated rings. The summed E-state index contributed by atoms with van der Waals surface area (Å²) in [6.45, 7) is 6.26. The van der Waals surface area contributed by atoms with Crippen molar-refractivity contribution in [2.45, 2.75) is 46.5 Å². The van der Waals surface area contributed by atoms with Crippen LogP contribution in [0.2, 0.25) is 0 Å². The first-order chi connectivity index (χ1) is 9.04. The summed E-state index contributed by atoms with van der Waals surface area (Å²) < 4.78 is 0. The summed E-state index contributed by atoms with van der Waals surface area (Å²) >= 11 is 0. The molecule has 3 atom stereocenters. The van der Waals surface area contributed by atoms with E-state index < -0.39 is 0 Å². The largest absolute Gasteiger partial charge is 0.325 e. The van der Waals surface area contributed by atoms with Gasteiger partial charge in [0.05, 0.1) is 0 Å². The predicted molar refractivity (Wildman–Crippen MR) is 78.2 cm³/mol. The Labute approximate surface area is 115 Å². The highest BCUT2D eigenvalue weighted by Gasteiger charge is 2.43. The summed E-state index contributed by atoms with van der Waals surface area (Å²) in [7, 11) is 0. The lowest BCUT2D eigenvalue weighted by Gasteiger charge is -2.22. The summed E-state index contributed by atoms with van der Waals surface area (Å²) in [5.74, 6) is 1.98. The topological polar surface area (TPSA) is 29.1 Å². The van der Waals surface area contributed by atoms with Gasteiger partial charge in [0.25, 0.3) is 0 Å². The van der Waals surface area contributed by atoms with Crippen LogP contribution in [0.1, 0.15) is 42.4 Å². The van der Waals surface area contributed by atoms with Gasteiger partial charge in [-0.15, -0.1) is 0 Å². The number of rotatable bonds is 2. The fourth-order valence-corrected chi connectivity index (χ4v) is 4.16. The molecule has 1 aromatic rings. The number of benzene rings is 1. The second kappa shape index (κ2) is 4.66. The predicted octanol–water partition coefficient (Wildman–Crippen LogP) is 3.99. The molecule has 3 rings (SSSR count). The Balaban J connectivity index is 1.77. The minimum Gasteiger partial charge on any atom is -0.325 e. The number of nitrogens with one attached hydrogen (secondary N) is 1. The molecular formula is C17H23NO. The van der Waals surface area contributed by atoms with Crippen molar-refractivity contribution in [1.29, 1.82) is 0 Å². The lowest BCUT2D eigenvalue weighted by atomic mass is 9.88. The monoisotopic (exact) mass is 257 g/mol. The van der Waals surface area contributed by atoms with E-state index in [4.69, 9.17) is 0 Å². The molecule has 102 valence electrons. The van der Waals surface area contributed by atoms with Crippen molar-refractivity contribution in [2.24, 2.45) is 17.8 Å². The van der Waals surface area contributed by atoms with E-state index in [2.05, 4.69) is 38.2 Å². The van der Waals surface area contributed by atoms with Gasteiger partial charge < -0.3 is 5.32 Å². The van der Waals surface area contributed by atoms with Crippen LogP contribution < -0.4 is 5.32 Å². The molecule has 0 saturated heterocycles. The Kier molecular flexibility index (Phi) is 3.12. The molecule has 1 N–H and O–H groups in total. The van der Waals surface area contributed by atoms with Crippen molar-refractivity contribution in [3.63, 3.8) is 0 Å². The third-order valence-corrected chi connectivity index (χ3v) is 5.00. The van der Waals surface area contributed by atoms with Crippen LogP contribution in [-0.2, 0) is 4.79 Å². The van der Waals surface area contributed by atoms with Crippen LogP contribution in [-0.4, -0.2) is 5.91 Å². The van der Waals surface area contributed by atoms with Gasteiger partial charge in [-0.2, -0.15) is 0 Å². The van der Waals surface area contributed by atoms with Crippen molar-refractivity contribution in [2.75, 3.05) is 5.32 Å². The van der Waals surface area contributed by atoms with E-state index in [0.717, 1.165) is 18.0 Å². The van der Waals surface area contributed by atoms with Gasteiger partial charge >= 0.3 is 0 Å². The van der Waals surface area contributed by atoms with Crippen molar-refractivity contribution < 1.29 is 4.79 Å². The number of fused-ring (bicyclic) bond motifs is 2. The smallest absolute Gasteiger partial charge is 0.227 e. The van der Waals surface area contributed by atoms with Crippen LogP contribution in [0, 0.1) is 38.5 Å². The van der Waals surface area contributed by atoms with Crippen LogP contribution in [0.5, 0.6) is 0 Å². The summed E-state index contributed by atoms with van der Waals surface area (Å²) in [5.41, 5.74) is 4.63. The number of amides is 1. The van der Waals surface area contributed by atoms with Gasteiger partial charge in [0.2, 0.25) is 5.91 Å². The quantitative estimate of drug-likeness (QED) is 0.853. The zero-order chi connectivity index (χ0) is 13.6. The lowest BCUT2D eigenvalue weighted by Crippen LogP contribution is -2.27. The second-order valence-electron chi connectivity index (χ2n) is 6.54. The molecule has 0 aromatic heterocycles. The zero-order valence-electron chi connectivity index (χ0n) is 12.1. The maximum Gasteiger partial charge on any atom is 0.227 e. The average Bonchev–Trinajstić information content (AvgIpc) is 2.95. The molecule has 2 saturated carbocycles. The van der Waals surface area contributed by atoms with Crippen LogP contribution in [0.4, 0.5) is 5.69 Å². The van der Waals surface area contributed by atoms with Crippen LogP contribution in [0.3, 0.4) is 0 Å². The molecular weight excluding hydrogens is 234 g/mol. The summed E-state index contributed by atoms with van der Waals surface area (Å²) in [5, 5.41) is 3.19. The van der Waals surface area contributed by atoms with Crippen LogP contribution >= 0.6 is 0 Å². The molecule has 0 unspecified atom stereocenters. The molecule has 1 amide bonds. The molecule has 2 bridgehead atoms. The summed E-state index contributed by atoms with van der Waals surface area (Å²) in [6.07, 6.45) is 5.00. The first-order valence-corrected chi connectivity index (χ1v) is 7.43. The number of carbonyl (C=O) groups excluding carboxylic acids is 1. The molecule has 0 radical (unpaired) electrons. The Morgan fingerprint density at radius 1 is 1.11 bits per heavy atom. The fourth-order valence-electron chi connectivity index (χ4n) is 4.16. The number of hydrogen-bond acceptors (Lipinski definition) is 1. The van der Waals surface area contributed by atoms with E-state index in [9.17, 15) is 4.79 Å². The first kappa shape index (κ1) is 12.7. The van der Waals surface area contributed by atoms with Crippen molar-refractivity contribution in [3.8, 4) is 0 Å². The van der Waals surface area contributed by atoms with Gasteiger partial charge in [-0.3, -0.25) is 4.79 Å². The van der Waals surface area contributed by atoms with Gasteiger partial charge in [-0.05, 0) is 63.0 Å². The maximum absolute atomic E-state index is 12.5. The zero-order valence-corrected chi connectivity index (χ0v) is 12.1. The molecule has 0 spiro atoms. The average molecular weight is 257 g/mol. The van der Waals surface area contributed by atoms with Gasteiger partial charge in [-0.25, -0.2) is 0 Å². The van der Waals surface area contributed by atoms with E-state index in [1.54, 1.807) is 0 Å². The highest BCUT2D eigenvalue weighted by molar-refractivity contribution is 5.94. The number of anilines is 1. The van der Waals surface area contributed by atoms with E-state index in [0.29, 0.717) is 5.92 Å². The Hall–Kier alpha value is -1.31. The molecule has 0 aliphatic heterocycles. The molecule has 2 nitrogen and oxygen atoms in total. The standard InChI is InChI=1S/C17H23NO/c1-10-6-11(2)16(12(3)7-10)18-17(19)15-9-13-4-5-14(15)8-13/h6-7,13-15H,4-5,8-9H2,1-3H3,(H,18,19)/t13-,14-,15+/m1/s1. The normalized spacial score (nSPS) is 28.7. The maximum atomic E-state index is 12.5. The Morgan fingerprint density at radius 2 is 1.79 bits per heavy atom. The van der Waals surface area contributed by atoms with Crippen molar-refractivity contribution >= 4 is 11.6 Å². The van der Waals surface area contributed by atoms with E-state index in [-0.39, 0.29) is 11.8 Å². The third-order valence-electron chi connectivity index (χ3n) is 5.00. The highest BCUT2D eigenvalue weighted by atomic mass is 16.1. The summed E-state index contributed by atoms with van der Waals surface area (Å²) in [4.78, 5) is 12.5. The molecule has 0 heterocycles. The highest BCUT2D eigenvalue weighted by Crippen LogP contribution is 2.48. The first-order valence-electron chi connectivity index (χ1n) is 7.43. The lowest BCUT2D eigenvalue weighted by molar-refractivity contribution is -0.121. The molecule has 1 aromatic carbocycles. The minimum atomic E-state index is 0.252. The third kappa shape index (κ3) is 2.29. The van der Waals surface area contributed by atoms with Gasteiger partial charge in [0, 0.05) is 11.6 Å². The molecule has 19 heavy (non-hydrogen) atoms. The minimum absolute atomic E-state index is 0.252. The van der Waals surface area contributed by atoms with Crippen molar-refractivity contribution in [3.05, 3.63) is 28.8 Å². The van der Waals surface area contributed by atoms with Crippen molar-refractivity contribution in [1.82, 2.24) is 0 Å². The second-order valence-corrected chi connectivity index (χ2v) is 6.54. The van der Waals surface area contributed by atoms with Gasteiger partial charge in [0.15, 0.2) is 0 Å². The number of aryl methyl sites for hydroxylation is 3. The van der Waals surface area contributed by atoms with Crippen LogP contribution in [0.15, 0.2) is 12.1 Å². The van der Waals surface area contributed by atoms with E-state index in [1.165, 1.54) is 36.0 Å². The Morgan fingerprint density at radius 3 is 2.32 bits per heavy atom. The summed E-state index contributed by atoms with van der Waals surface area (Å²) in [6, 6.07) is 4.28.